The van der Waals surface area contributed by atoms with Crippen molar-refractivity contribution in [2.24, 2.45) is 0 Å². The normalized spacial score (nSPS) is 10.4. The van der Waals surface area contributed by atoms with Gasteiger partial charge < -0.3 is 9.47 Å². The fourth-order valence-corrected chi connectivity index (χ4v) is 3.03. The SMILES string of the molecule is COc1cccc(C(=O)Nc2nc(-c3ccc(F)cc3)cs2)c1OC. The first kappa shape index (κ1) is 16.9. The Hall–Kier alpha value is -2.93. The lowest BCUT2D eigenvalue weighted by Gasteiger charge is -2.11. The number of rotatable bonds is 5. The number of nitrogens with zero attached hydrogens (tertiary/aromatic N) is 1. The van der Waals surface area contributed by atoms with Crippen molar-refractivity contribution >= 4 is 22.4 Å². The second kappa shape index (κ2) is 7.31. The number of amides is 1. The van der Waals surface area contributed by atoms with Crippen molar-refractivity contribution in [2.75, 3.05) is 19.5 Å². The summed E-state index contributed by atoms with van der Waals surface area (Å²) in [4.78, 5) is 16.9. The van der Waals surface area contributed by atoms with E-state index in [2.05, 4.69) is 10.3 Å². The lowest BCUT2D eigenvalue weighted by atomic mass is 10.1. The van der Waals surface area contributed by atoms with Gasteiger partial charge in [-0.05, 0) is 36.4 Å². The molecule has 1 amide bonds. The van der Waals surface area contributed by atoms with E-state index in [9.17, 15) is 9.18 Å². The van der Waals surface area contributed by atoms with E-state index < -0.39 is 0 Å². The molecule has 0 fully saturated rings. The smallest absolute Gasteiger partial charge is 0.261 e. The molecule has 1 aromatic heterocycles. The number of methoxy groups -OCH3 is 2. The molecule has 0 atom stereocenters. The summed E-state index contributed by atoms with van der Waals surface area (Å²) in [6.45, 7) is 0. The molecule has 128 valence electrons. The topological polar surface area (TPSA) is 60.5 Å². The molecule has 5 nitrogen and oxygen atoms in total. The molecule has 2 aromatic carbocycles. The average Bonchev–Trinajstić information content (AvgIpc) is 3.09. The Morgan fingerprint density at radius 1 is 1.12 bits per heavy atom. The summed E-state index contributed by atoms with van der Waals surface area (Å²) in [5, 5.41) is 4.98. The number of hydrogen-bond donors (Lipinski definition) is 1. The minimum atomic E-state index is -0.351. The molecule has 0 bridgehead atoms. The minimum absolute atomic E-state index is 0.308. The number of nitrogens with one attached hydrogen (secondary N) is 1. The summed E-state index contributed by atoms with van der Waals surface area (Å²) in [5.41, 5.74) is 1.79. The maximum atomic E-state index is 13.0. The fraction of sp³-hybridized carbons (Fsp3) is 0.111. The van der Waals surface area contributed by atoms with Crippen LogP contribution in [0.3, 0.4) is 0 Å². The highest BCUT2D eigenvalue weighted by atomic mass is 32.1. The van der Waals surface area contributed by atoms with E-state index in [1.165, 1.54) is 37.7 Å². The number of halogens is 1. The van der Waals surface area contributed by atoms with Crippen molar-refractivity contribution in [1.82, 2.24) is 4.98 Å². The molecule has 7 heteroatoms. The van der Waals surface area contributed by atoms with Crippen LogP contribution in [0.1, 0.15) is 10.4 Å². The van der Waals surface area contributed by atoms with Crippen LogP contribution in [0.25, 0.3) is 11.3 Å². The molecule has 0 saturated carbocycles. The Balaban J connectivity index is 1.82. The summed E-state index contributed by atoms with van der Waals surface area (Å²) in [5.74, 6) is 0.174. The third-order valence-electron chi connectivity index (χ3n) is 3.51. The van der Waals surface area contributed by atoms with Gasteiger partial charge in [-0.2, -0.15) is 0 Å². The first-order chi connectivity index (χ1) is 12.1. The molecular formula is C18H15FN2O3S. The summed E-state index contributed by atoms with van der Waals surface area (Å²) in [6, 6.07) is 11.1. The molecule has 0 radical (unpaired) electrons. The highest BCUT2D eigenvalue weighted by molar-refractivity contribution is 7.14. The number of benzene rings is 2. The van der Waals surface area contributed by atoms with Crippen LogP contribution in [0.4, 0.5) is 9.52 Å². The van der Waals surface area contributed by atoms with Crippen molar-refractivity contribution in [2.45, 2.75) is 0 Å². The number of ether oxygens (including phenoxy) is 2. The number of anilines is 1. The van der Waals surface area contributed by atoms with Crippen LogP contribution in [0.5, 0.6) is 11.5 Å². The van der Waals surface area contributed by atoms with Crippen molar-refractivity contribution in [3.05, 3.63) is 59.2 Å². The molecule has 0 spiro atoms. The molecular weight excluding hydrogens is 343 g/mol. The number of para-hydroxylation sites is 1. The quantitative estimate of drug-likeness (QED) is 0.742. The Kier molecular flexibility index (Phi) is 4.95. The lowest BCUT2D eigenvalue weighted by molar-refractivity contribution is 0.102. The highest BCUT2D eigenvalue weighted by Gasteiger charge is 2.17. The average molecular weight is 358 g/mol. The molecule has 1 heterocycles. The fourth-order valence-electron chi connectivity index (χ4n) is 2.31. The molecule has 0 aliphatic rings. The monoisotopic (exact) mass is 358 g/mol. The number of thiazole rings is 1. The van der Waals surface area contributed by atoms with E-state index in [0.717, 1.165) is 5.56 Å². The van der Waals surface area contributed by atoms with Crippen LogP contribution < -0.4 is 14.8 Å². The predicted octanol–water partition coefficient (Wildman–Crippen LogP) is 4.22. The van der Waals surface area contributed by atoms with Crippen LogP contribution in [-0.2, 0) is 0 Å². The summed E-state index contributed by atoms with van der Waals surface area (Å²) in [7, 11) is 2.99. The number of carbonyl (C=O) groups excluding carboxylic acids is 1. The van der Waals surface area contributed by atoms with Crippen LogP contribution in [0, 0.1) is 5.82 Å². The van der Waals surface area contributed by atoms with E-state index in [1.807, 2.05) is 0 Å². The zero-order valence-corrected chi connectivity index (χ0v) is 14.4. The van der Waals surface area contributed by atoms with E-state index in [-0.39, 0.29) is 11.7 Å². The van der Waals surface area contributed by atoms with Gasteiger partial charge in [0.1, 0.15) is 5.82 Å². The first-order valence-corrected chi connectivity index (χ1v) is 8.24. The predicted molar refractivity (Wildman–Crippen MR) is 95.0 cm³/mol. The van der Waals surface area contributed by atoms with Gasteiger partial charge in [0.15, 0.2) is 16.6 Å². The first-order valence-electron chi connectivity index (χ1n) is 7.36. The van der Waals surface area contributed by atoms with Gasteiger partial charge >= 0.3 is 0 Å². The zero-order chi connectivity index (χ0) is 17.8. The Bertz CT molecular complexity index is 894. The van der Waals surface area contributed by atoms with Gasteiger partial charge in [-0.1, -0.05) is 6.07 Å². The highest BCUT2D eigenvalue weighted by Crippen LogP contribution is 2.32. The summed E-state index contributed by atoms with van der Waals surface area (Å²) >= 11 is 1.29. The van der Waals surface area contributed by atoms with Gasteiger partial charge in [-0.3, -0.25) is 10.1 Å². The number of aromatic nitrogens is 1. The molecule has 25 heavy (non-hydrogen) atoms. The van der Waals surface area contributed by atoms with Crippen molar-refractivity contribution in [3.8, 4) is 22.8 Å². The van der Waals surface area contributed by atoms with Gasteiger partial charge in [-0.15, -0.1) is 11.3 Å². The van der Waals surface area contributed by atoms with Crippen molar-refractivity contribution in [3.63, 3.8) is 0 Å². The Morgan fingerprint density at radius 2 is 1.88 bits per heavy atom. The van der Waals surface area contributed by atoms with Crippen LogP contribution in [0.15, 0.2) is 47.8 Å². The molecule has 3 aromatic rings. The third kappa shape index (κ3) is 3.61. The molecule has 1 N–H and O–H groups in total. The number of hydrogen-bond acceptors (Lipinski definition) is 5. The molecule has 0 saturated heterocycles. The maximum absolute atomic E-state index is 13.0. The number of carbonyl (C=O) groups is 1. The third-order valence-corrected chi connectivity index (χ3v) is 4.27. The van der Waals surface area contributed by atoms with Crippen LogP contribution in [0.2, 0.25) is 0 Å². The second-order valence-electron chi connectivity index (χ2n) is 5.04. The van der Waals surface area contributed by atoms with Gasteiger partial charge in [-0.25, -0.2) is 9.37 Å². The van der Waals surface area contributed by atoms with Crippen molar-refractivity contribution in [1.29, 1.82) is 0 Å². The Labute approximate surface area is 148 Å². The van der Waals surface area contributed by atoms with Crippen molar-refractivity contribution < 1.29 is 18.7 Å². The minimum Gasteiger partial charge on any atom is -0.493 e. The second-order valence-corrected chi connectivity index (χ2v) is 5.90. The van der Waals surface area contributed by atoms with Crippen LogP contribution >= 0.6 is 11.3 Å². The summed E-state index contributed by atoms with van der Waals surface area (Å²) in [6.07, 6.45) is 0. The Morgan fingerprint density at radius 3 is 2.56 bits per heavy atom. The van der Waals surface area contributed by atoms with Gasteiger partial charge in [0.25, 0.3) is 5.91 Å². The molecule has 3 rings (SSSR count). The zero-order valence-electron chi connectivity index (χ0n) is 13.6. The van der Waals surface area contributed by atoms with E-state index >= 15 is 0 Å². The largest absolute Gasteiger partial charge is 0.493 e. The van der Waals surface area contributed by atoms with E-state index in [1.54, 1.807) is 35.7 Å². The lowest BCUT2D eigenvalue weighted by Crippen LogP contribution is -2.13. The van der Waals surface area contributed by atoms with Crippen LogP contribution in [-0.4, -0.2) is 25.1 Å². The molecule has 0 aliphatic heterocycles. The summed E-state index contributed by atoms with van der Waals surface area (Å²) < 4.78 is 23.5. The van der Waals surface area contributed by atoms with E-state index in [0.29, 0.717) is 27.9 Å². The van der Waals surface area contributed by atoms with Gasteiger partial charge in [0, 0.05) is 10.9 Å². The van der Waals surface area contributed by atoms with Gasteiger partial charge in [0.05, 0.1) is 25.5 Å². The molecule has 0 unspecified atom stereocenters. The standard InChI is InChI=1S/C18H15FN2O3S/c1-23-15-5-3-4-13(16(15)24-2)17(22)21-18-20-14(10-25-18)11-6-8-12(19)9-7-11/h3-10H,1-2H3,(H,20,21,22). The molecule has 0 aliphatic carbocycles. The van der Waals surface area contributed by atoms with Gasteiger partial charge in [0.2, 0.25) is 0 Å². The van der Waals surface area contributed by atoms with E-state index in [4.69, 9.17) is 9.47 Å². The maximum Gasteiger partial charge on any atom is 0.261 e.